The molecule has 0 aliphatic rings. The van der Waals surface area contributed by atoms with Crippen molar-refractivity contribution in [2.24, 2.45) is 12.8 Å². The van der Waals surface area contributed by atoms with Crippen molar-refractivity contribution in [1.29, 1.82) is 0 Å². The van der Waals surface area contributed by atoms with Gasteiger partial charge in [0.1, 0.15) is 6.04 Å². The van der Waals surface area contributed by atoms with Crippen LogP contribution in [0.5, 0.6) is 0 Å². The van der Waals surface area contributed by atoms with Crippen molar-refractivity contribution in [3.05, 3.63) is 18.2 Å². The van der Waals surface area contributed by atoms with E-state index in [4.69, 9.17) is 5.73 Å². The summed E-state index contributed by atoms with van der Waals surface area (Å²) in [5.74, 6) is -0.460. The number of esters is 1. The minimum atomic E-state index is -0.748. The third-order valence-electron chi connectivity index (χ3n) is 1.63. The quantitative estimate of drug-likeness (QED) is 0.611. The molecular weight excluding hydrogens is 158 g/mol. The van der Waals surface area contributed by atoms with Crippen LogP contribution in [0.4, 0.5) is 0 Å². The maximum Gasteiger partial charge on any atom is 0.328 e. The van der Waals surface area contributed by atoms with Crippen molar-refractivity contribution in [3.63, 3.8) is 0 Å². The molecule has 1 aromatic rings. The Balaban J connectivity index is 2.84. The fraction of sp³-hybridized carbons (Fsp3) is 0.429. The van der Waals surface area contributed by atoms with Crippen LogP contribution in [0.3, 0.4) is 0 Å². The molecule has 12 heavy (non-hydrogen) atoms. The molecule has 0 radical (unpaired) electrons. The predicted molar refractivity (Wildman–Crippen MR) is 42.2 cm³/mol. The van der Waals surface area contributed by atoms with Crippen LogP contribution < -0.4 is 5.73 Å². The van der Waals surface area contributed by atoms with E-state index >= 15 is 0 Å². The first kappa shape index (κ1) is 8.73. The molecule has 66 valence electrons. The van der Waals surface area contributed by atoms with Gasteiger partial charge in [0.25, 0.3) is 0 Å². The van der Waals surface area contributed by atoms with Gasteiger partial charge in [0.2, 0.25) is 0 Å². The number of methoxy groups -OCH3 is 1. The van der Waals surface area contributed by atoms with Crippen LogP contribution >= 0.6 is 0 Å². The van der Waals surface area contributed by atoms with E-state index in [1.54, 1.807) is 24.1 Å². The normalized spacial score (nSPS) is 12.6. The van der Waals surface area contributed by atoms with Gasteiger partial charge in [0.15, 0.2) is 0 Å². The van der Waals surface area contributed by atoms with Crippen molar-refractivity contribution in [2.75, 3.05) is 7.11 Å². The SMILES string of the molecule is COC(=O)[C@@H](N)c1cncn1C. The van der Waals surface area contributed by atoms with Gasteiger partial charge in [-0.3, -0.25) is 0 Å². The van der Waals surface area contributed by atoms with Crippen molar-refractivity contribution >= 4 is 5.97 Å². The molecule has 1 atom stereocenters. The first-order chi connectivity index (χ1) is 5.66. The minimum absolute atomic E-state index is 0.460. The van der Waals surface area contributed by atoms with Crippen LogP contribution in [-0.2, 0) is 16.6 Å². The van der Waals surface area contributed by atoms with E-state index in [0.717, 1.165) is 0 Å². The Hall–Kier alpha value is -1.36. The highest BCUT2D eigenvalue weighted by Gasteiger charge is 2.18. The Morgan fingerprint density at radius 3 is 2.92 bits per heavy atom. The molecule has 1 aromatic heterocycles. The van der Waals surface area contributed by atoms with E-state index in [1.807, 2.05) is 0 Å². The molecule has 0 unspecified atom stereocenters. The third-order valence-corrected chi connectivity index (χ3v) is 1.63. The van der Waals surface area contributed by atoms with E-state index in [9.17, 15) is 4.79 Å². The summed E-state index contributed by atoms with van der Waals surface area (Å²) in [7, 11) is 3.07. The number of aryl methyl sites for hydroxylation is 1. The topological polar surface area (TPSA) is 70.1 Å². The molecule has 0 bridgehead atoms. The number of hydrogen-bond acceptors (Lipinski definition) is 4. The van der Waals surface area contributed by atoms with Crippen LogP contribution in [0.2, 0.25) is 0 Å². The number of aromatic nitrogens is 2. The van der Waals surface area contributed by atoms with E-state index < -0.39 is 12.0 Å². The summed E-state index contributed by atoms with van der Waals surface area (Å²) in [5.41, 5.74) is 6.20. The fourth-order valence-corrected chi connectivity index (χ4v) is 0.915. The van der Waals surface area contributed by atoms with Crippen LogP contribution in [0.1, 0.15) is 11.7 Å². The Morgan fingerprint density at radius 2 is 2.50 bits per heavy atom. The van der Waals surface area contributed by atoms with Gasteiger partial charge in [-0.05, 0) is 0 Å². The number of carbonyl (C=O) groups excluding carboxylic acids is 1. The number of ether oxygens (including phenoxy) is 1. The largest absolute Gasteiger partial charge is 0.468 e. The van der Waals surface area contributed by atoms with E-state index in [0.29, 0.717) is 5.69 Å². The molecule has 0 fully saturated rings. The van der Waals surface area contributed by atoms with Gasteiger partial charge in [-0.15, -0.1) is 0 Å². The molecule has 0 saturated heterocycles. The highest BCUT2D eigenvalue weighted by Crippen LogP contribution is 2.08. The van der Waals surface area contributed by atoms with Crippen LogP contribution in [0.25, 0.3) is 0 Å². The fourth-order valence-electron chi connectivity index (χ4n) is 0.915. The summed E-state index contributed by atoms with van der Waals surface area (Å²) in [6.45, 7) is 0. The monoisotopic (exact) mass is 169 g/mol. The molecule has 0 saturated carbocycles. The summed E-state index contributed by atoms with van der Waals surface area (Å²) >= 11 is 0. The zero-order chi connectivity index (χ0) is 9.14. The molecular formula is C7H11N3O2. The molecule has 2 N–H and O–H groups in total. The molecule has 0 spiro atoms. The summed E-state index contributed by atoms with van der Waals surface area (Å²) in [5, 5.41) is 0. The summed E-state index contributed by atoms with van der Waals surface area (Å²) in [4.78, 5) is 14.8. The van der Waals surface area contributed by atoms with E-state index in [1.165, 1.54) is 7.11 Å². The number of rotatable bonds is 2. The maximum atomic E-state index is 11.0. The molecule has 0 aliphatic carbocycles. The minimum Gasteiger partial charge on any atom is -0.468 e. The van der Waals surface area contributed by atoms with Crippen LogP contribution in [0.15, 0.2) is 12.5 Å². The Labute approximate surface area is 70.1 Å². The zero-order valence-electron chi connectivity index (χ0n) is 7.02. The lowest BCUT2D eigenvalue weighted by Crippen LogP contribution is -2.24. The van der Waals surface area contributed by atoms with Crippen LogP contribution in [-0.4, -0.2) is 22.6 Å². The van der Waals surface area contributed by atoms with Crippen molar-refractivity contribution in [2.45, 2.75) is 6.04 Å². The lowest BCUT2D eigenvalue weighted by atomic mass is 10.2. The second-order valence-corrected chi connectivity index (χ2v) is 2.43. The molecule has 5 nitrogen and oxygen atoms in total. The smallest absolute Gasteiger partial charge is 0.328 e. The number of imidazole rings is 1. The number of hydrogen-bond donors (Lipinski definition) is 1. The van der Waals surface area contributed by atoms with E-state index in [-0.39, 0.29) is 0 Å². The van der Waals surface area contributed by atoms with Gasteiger partial charge < -0.3 is 15.0 Å². The maximum absolute atomic E-state index is 11.0. The second-order valence-electron chi connectivity index (χ2n) is 2.43. The first-order valence-electron chi connectivity index (χ1n) is 3.46. The van der Waals surface area contributed by atoms with E-state index in [2.05, 4.69) is 9.72 Å². The Morgan fingerprint density at radius 1 is 1.83 bits per heavy atom. The highest BCUT2D eigenvalue weighted by atomic mass is 16.5. The average Bonchev–Trinajstić information content (AvgIpc) is 2.48. The van der Waals surface area contributed by atoms with Crippen molar-refractivity contribution in [1.82, 2.24) is 9.55 Å². The van der Waals surface area contributed by atoms with Gasteiger partial charge in [-0.2, -0.15) is 0 Å². The number of nitrogens with zero attached hydrogens (tertiary/aromatic N) is 2. The number of nitrogens with two attached hydrogens (primary N) is 1. The molecule has 1 rings (SSSR count). The van der Waals surface area contributed by atoms with Crippen LogP contribution in [0, 0.1) is 0 Å². The van der Waals surface area contributed by atoms with Gasteiger partial charge >= 0.3 is 5.97 Å². The van der Waals surface area contributed by atoms with Crippen molar-refractivity contribution in [3.8, 4) is 0 Å². The van der Waals surface area contributed by atoms with Crippen molar-refractivity contribution < 1.29 is 9.53 Å². The van der Waals surface area contributed by atoms with Gasteiger partial charge in [-0.25, -0.2) is 9.78 Å². The Kier molecular flexibility index (Phi) is 2.44. The summed E-state index contributed by atoms with van der Waals surface area (Å²) in [6, 6.07) is -0.748. The predicted octanol–water partition coefficient (Wildman–Crippen LogP) is -0.407. The molecule has 0 aliphatic heterocycles. The van der Waals surface area contributed by atoms with Gasteiger partial charge in [-0.1, -0.05) is 0 Å². The average molecular weight is 169 g/mol. The zero-order valence-corrected chi connectivity index (χ0v) is 7.02. The summed E-state index contributed by atoms with van der Waals surface area (Å²) < 4.78 is 6.17. The lowest BCUT2D eigenvalue weighted by Gasteiger charge is -2.08. The van der Waals surface area contributed by atoms with Gasteiger partial charge in [0.05, 0.1) is 25.3 Å². The third kappa shape index (κ3) is 1.45. The standard InChI is InChI=1S/C7H11N3O2/c1-10-4-9-3-5(10)6(8)7(11)12-2/h3-4,6H,8H2,1-2H3/t6-/m0/s1. The highest BCUT2D eigenvalue weighted by molar-refractivity contribution is 5.76. The Bertz CT molecular complexity index is 282. The second kappa shape index (κ2) is 3.36. The molecule has 5 heteroatoms. The summed E-state index contributed by atoms with van der Waals surface area (Å²) in [6.07, 6.45) is 3.12. The molecule has 0 amide bonds. The molecule has 0 aromatic carbocycles. The number of carbonyl (C=O) groups is 1. The first-order valence-corrected chi connectivity index (χ1v) is 3.46. The molecule has 1 heterocycles. The lowest BCUT2D eigenvalue weighted by molar-refractivity contribution is -0.142. The van der Waals surface area contributed by atoms with Gasteiger partial charge in [0, 0.05) is 7.05 Å².